The third-order valence-electron chi connectivity index (χ3n) is 4.80. The summed E-state index contributed by atoms with van der Waals surface area (Å²) in [6, 6.07) is 0. The molecule has 2 atom stereocenters. The first-order chi connectivity index (χ1) is 9.08. The number of carbonyl (C=O) groups is 1. The summed E-state index contributed by atoms with van der Waals surface area (Å²) in [6.45, 7) is 6.80. The van der Waals surface area contributed by atoms with Crippen molar-refractivity contribution >= 4 is 11.6 Å². The van der Waals surface area contributed by atoms with Gasteiger partial charge in [-0.05, 0) is 43.9 Å². The fourth-order valence-corrected chi connectivity index (χ4v) is 3.49. The van der Waals surface area contributed by atoms with Crippen molar-refractivity contribution in [3.8, 4) is 0 Å². The van der Waals surface area contributed by atoms with Crippen LogP contribution in [0.1, 0.15) is 65.7 Å². The number of amides is 1. The van der Waals surface area contributed by atoms with E-state index in [0.29, 0.717) is 17.8 Å². The molecule has 0 radical (unpaired) electrons. The molecule has 0 aromatic rings. The number of hydrogen-bond donors (Lipinski definition) is 1. The van der Waals surface area contributed by atoms with Crippen molar-refractivity contribution in [1.29, 1.82) is 0 Å². The largest absolute Gasteiger partial charge is 0.273 e. The molecule has 2 rings (SSSR count). The SMILES string of the molecule is CC(C)[C@H]1CC[C@@H](C)CC1=NNC(=O)C1CCCC1. The van der Waals surface area contributed by atoms with Gasteiger partial charge in [0, 0.05) is 17.5 Å². The Kier molecular flexibility index (Phi) is 5.00. The number of carbonyl (C=O) groups excluding carboxylic acids is 1. The summed E-state index contributed by atoms with van der Waals surface area (Å²) in [5.74, 6) is 2.24. The molecule has 0 aromatic heterocycles. The minimum absolute atomic E-state index is 0.144. The highest BCUT2D eigenvalue weighted by atomic mass is 16.2. The van der Waals surface area contributed by atoms with Gasteiger partial charge in [0.2, 0.25) is 5.91 Å². The Hall–Kier alpha value is -0.860. The van der Waals surface area contributed by atoms with Crippen LogP contribution in [0.3, 0.4) is 0 Å². The highest BCUT2D eigenvalue weighted by Crippen LogP contribution is 2.31. The van der Waals surface area contributed by atoms with E-state index in [1.165, 1.54) is 31.4 Å². The van der Waals surface area contributed by atoms with Crippen molar-refractivity contribution in [3.63, 3.8) is 0 Å². The van der Waals surface area contributed by atoms with E-state index in [9.17, 15) is 4.79 Å². The maximum Gasteiger partial charge on any atom is 0.243 e. The molecule has 19 heavy (non-hydrogen) atoms. The Bertz CT molecular complexity index is 343. The minimum atomic E-state index is 0.144. The highest BCUT2D eigenvalue weighted by molar-refractivity contribution is 5.89. The first kappa shape index (κ1) is 14.5. The van der Waals surface area contributed by atoms with Crippen LogP contribution in [-0.2, 0) is 4.79 Å². The van der Waals surface area contributed by atoms with E-state index in [1.54, 1.807) is 0 Å². The zero-order valence-electron chi connectivity index (χ0n) is 12.6. The maximum absolute atomic E-state index is 12.0. The van der Waals surface area contributed by atoms with Crippen molar-refractivity contribution in [3.05, 3.63) is 0 Å². The summed E-state index contributed by atoms with van der Waals surface area (Å²) in [6.07, 6.45) is 8.03. The van der Waals surface area contributed by atoms with E-state index < -0.39 is 0 Å². The lowest BCUT2D eigenvalue weighted by Crippen LogP contribution is -2.32. The van der Waals surface area contributed by atoms with Gasteiger partial charge < -0.3 is 0 Å². The van der Waals surface area contributed by atoms with Gasteiger partial charge in [-0.15, -0.1) is 0 Å². The molecule has 3 nitrogen and oxygen atoms in total. The zero-order valence-corrected chi connectivity index (χ0v) is 12.6. The Balaban J connectivity index is 1.96. The number of hydrazone groups is 1. The standard InChI is InChI=1S/C16H28N2O/c1-11(2)14-9-8-12(3)10-15(14)17-18-16(19)13-6-4-5-7-13/h11-14H,4-10H2,1-3H3,(H,18,19)/t12-,14-/m1/s1. The maximum atomic E-state index is 12.0. The van der Waals surface area contributed by atoms with Gasteiger partial charge in [-0.3, -0.25) is 4.79 Å². The summed E-state index contributed by atoms with van der Waals surface area (Å²) in [5, 5.41) is 4.50. The van der Waals surface area contributed by atoms with Gasteiger partial charge in [0.25, 0.3) is 0 Å². The number of nitrogens with one attached hydrogen (secondary N) is 1. The molecule has 2 saturated carbocycles. The molecular formula is C16H28N2O. The van der Waals surface area contributed by atoms with Crippen LogP contribution in [0, 0.1) is 23.7 Å². The molecule has 0 heterocycles. The van der Waals surface area contributed by atoms with Gasteiger partial charge in [-0.2, -0.15) is 5.10 Å². The van der Waals surface area contributed by atoms with Crippen molar-refractivity contribution in [2.24, 2.45) is 28.8 Å². The van der Waals surface area contributed by atoms with Crippen LogP contribution in [0.15, 0.2) is 5.10 Å². The molecule has 108 valence electrons. The third-order valence-corrected chi connectivity index (χ3v) is 4.80. The molecule has 2 fully saturated rings. The summed E-state index contributed by atoms with van der Waals surface area (Å²) >= 11 is 0. The predicted molar refractivity (Wildman–Crippen MR) is 78.9 cm³/mol. The summed E-state index contributed by atoms with van der Waals surface area (Å²) in [5.41, 5.74) is 4.07. The molecule has 0 aliphatic heterocycles. The third kappa shape index (κ3) is 3.80. The van der Waals surface area contributed by atoms with E-state index in [1.807, 2.05) is 0 Å². The molecule has 3 heteroatoms. The molecule has 0 spiro atoms. The van der Waals surface area contributed by atoms with Gasteiger partial charge in [0.05, 0.1) is 0 Å². The van der Waals surface area contributed by atoms with Crippen molar-refractivity contribution in [1.82, 2.24) is 5.43 Å². The lowest BCUT2D eigenvalue weighted by molar-refractivity contribution is -0.124. The molecule has 0 unspecified atom stereocenters. The first-order valence-corrected chi connectivity index (χ1v) is 7.94. The van der Waals surface area contributed by atoms with Crippen LogP contribution in [0.25, 0.3) is 0 Å². The minimum Gasteiger partial charge on any atom is -0.273 e. The number of rotatable bonds is 3. The Morgan fingerprint density at radius 2 is 1.89 bits per heavy atom. The van der Waals surface area contributed by atoms with Crippen LogP contribution < -0.4 is 5.43 Å². The molecule has 1 N–H and O–H groups in total. The van der Waals surface area contributed by atoms with Crippen LogP contribution in [0.5, 0.6) is 0 Å². The van der Waals surface area contributed by atoms with Crippen LogP contribution in [0.4, 0.5) is 0 Å². The molecule has 0 aromatic carbocycles. The topological polar surface area (TPSA) is 41.5 Å². The van der Waals surface area contributed by atoms with E-state index in [-0.39, 0.29) is 11.8 Å². The average molecular weight is 264 g/mol. The second kappa shape index (κ2) is 6.53. The van der Waals surface area contributed by atoms with Gasteiger partial charge in [0.15, 0.2) is 0 Å². The summed E-state index contributed by atoms with van der Waals surface area (Å²) < 4.78 is 0. The first-order valence-electron chi connectivity index (χ1n) is 7.94. The number of nitrogens with zero attached hydrogens (tertiary/aromatic N) is 1. The Morgan fingerprint density at radius 3 is 2.53 bits per heavy atom. The predicted octanol–water partition coefficient (Wildman–Crippen LogP) is 3.74. The zero-order chi connectivity index (χ0) is 13.8. The number of hydrogen-bond acceptors (Lipinski definition) is 2. The van der Waals surface area contributed by atoms with Crippen molar-refractivity contribution in [2.75, 3.05) is 0 Å². The van der Waals surface area contributed by atoms with Gasteiger partial charge in [0.1, 0.15) is 0 Å². The molecule has 0 saturated heterocycles. The average Bonchev–Trinajstić information content (AvgIpc) is 2.89. The fraction of sp³-hybridized carbons (Fsp3) is 0.875. The van der Waals surface area contributed by atoms with Crippen molar-refractivity contribution in [2.45, 2.75) is 65.7 Å². The lowest BCUT2D eigenvalue weighted by Gasteiger charge is -2.30. The van der Waals surface area contributed by atoms with Crippen LogP contribution in [-0.4, -0.2) is 11.6 Å². The van der Waals surface area contributed by atoms with Gasteiger partial charge in [-0.1, -0.05) is 33.6 Å². The van der Waals surface area contributed by atoms with E-state index in [2.05, 4.69) is 31.3 Å². The monoisotopic (exact) mass is 264 g/mol. The second-order valence-electron chi connectivity index (χ2n) is 6.80. The highest BCUT2D eigenvalue weighted by Gasteiger charge is 2.28. The molecular weight excluding hydrogens is 236 g/mol. The molecule has 2 aliphatic carbocycles. The van der Waals surface area contributed by atoms with Crippen LogP contribution in [0.2, 0.25) is 0 Å². The second-order valence-corrected chi connectivity index (χ2v) is 6.80. The summed E-state index contributed by atoms with van der Waals surface area (Å²) in [4.78, 5) is 12.0. The normalized spacial score (nSPS) is 31.1. The van der Waals surface area contributed by atoms with E-state index in [0.717, 1.165) is 19.3 Å². The van der Waals surface area contributed by atoms with Gasteiger partial charge in [-0.25, -0.2) is 5.43 Å². The molecule has 1 amide bonds. The summed E-state index contributed by atoms with van der Waals surface area (Å²) in [7, 11) is 0. The fourth-order valence-electron chi connectivity index (χ4n) is 3.49. The molecule has 0 bridgehead atoms. The smallest absolute Gasteiger partial charge is 0.243 e. The van der Waals surface area contributed by atoms with E-state index >= 15 is 0 Å². The van der Waals surface area contributed by atoms with Crippen molar-refractivity contribution < 1.29 is 4.79 Å². The van der Waals surface area contributed by atoms with Gasteiger partial charge >= 0.3 is 0 Å². The Labute approximate surface area is 117 Å². The van der Waals surface area contributed by atoms with Crippen LogP contribution >= 0.6 is 0 Å². The van der Waals surface area contributed by atoms with E-state index in [4.69, 9.17) is 0 Å². The lowest BCUT2D eigenvalue weighted by atomic mass is 9.76. The Morgan fingerprint density at radius 1 is 1.21 bits per heavy atom. The quantitative estimate of drug-likeness (QED) is 0.775. The molecule has 2 aliphatic rings.